The molecule has 1 aromatic rings. The minimum absolute atomic E-state index is 0.118. The van der Waals surface area contributed by atoms with Gasteiger partial charge in [0.2, 0.25) is 5.91 Å². The summed E-state index contributed by atoms with van der Waals surface area (Å²) in [5, 5.41) is 2.80. The lowest BCUT2D eigenvalue weighted by molar-refractivity contribution is -0.123. The lowest BCUT2D eigenvalue weighted by Gasteiger charge is -2.14. The number of ether oxygens (including phenoxy) is 1. The molecule has 1 unspecified atom stereocenters. The molecule has 1 aromatic carbocycles. The van der Waals surface area contributed by atoms with Gasteiger partial charge in [0, 0.05) is 0 Å². The fraction of sp³-hybridized carbons (Fsp3) is 0.467. The first kappa shape index (κ1) is 16.4. The molecule has 0 saturated heterocycles. The van der Waals surface area contributed by atoms with E-state index in [1.807, 2.05) is 38.1 Å². The molecule has 20 heavy (non-hydrogen) atoms. The number of amides is 1. The molecule has 1 atom stereocenters. The van der Waals surface area contributed by atoms with Crippen molar-refractivity contribution in [2.24, 2.45) is 11.7 Å². The molecule has 0 saturated carbocycles. The van der Waals surface area contributed by atoms with Crippen molar-refractivity contribution in [2.45, 2.75) is 26.7 Å². The summed E-state index contributed by atoms with van der Waals surface area (Å²) < 4.78 is 5.56. The summed E-state index contributed by atoms with van der Waals surface area (Å²) in [6.07, 6.45) is 1.55. The molecule has 0 aliphatic carbocycles. The fourth-order valence-electron chi connectivity index (χ4n) is 1.86. The zero-order valence-electron chi connectivity index (χ0n) is 12.0. The minimum Gasteiger partial charge on any atom is -0.492 e. The van der Waals surface area contributed by atoms with E-state index in [2.05, 4.69) is 5.32 Å². The third-order valence-corrected chi connectivity index (χ3v) is 3.18. The van der Waals surface area contributed by atoms with E-state index < -0.39 is 0 Å². The predicted molar refractivity (Wildman–Crippen MR) is 84.9 cm³/mol. The van der Waals surface area contributed by atoms with E-state index in [1.54, 1.807) is 0 Å². The van der Waals surface area contributed by atoms with Gasteiger partial charge >= 0.3 is 0 Å². The Kier molecular flexibility index (Phi) is 7.01. The first-order chi connectivity index (χ1) is 9.54. The Labute approximate surface area is 125 Å². The largest absolute Gasteiger partial charge is 0.492 e. The van der Waals surface area contributed by atoms with Crippen LogP contribution in [0.2, 0.25) is 0 Å². The highest BCUT2D eigenvalue weighted by atomic mass is 32.1. The number of benzene rings is 1. The maximum Gasteiger partial charge on any atom is 0.230 e. The van der Waals surface area contributed by atoms with Crippen LogP contribution in [0, 0.1) is 12.8 Å². The quantitative estimate of drug-likeness (QED) is 0.570. The molecule has 0 radical (unpaired) electrons. The Balaban J connectivity index is 2.33. The number of rotatable bonds is 8. The molecular formula is C15H22N2O2S. The smallest absolute Gasteiger partial charge is 0.230 e. The van der Waals surface area contributed by atoms with Gasteiger partial charge in [-0.25, -0.2) is 0 Å². The zero-order chi connectivity index (χ0) is 15.0. The number of aryl methyl sites for hydroxylation is 1. The first-order valence-corrected chi connectivity index (χ1v) is 7.22. The van der Waals surface area contributed by atoms with E-state index in [-0.39, 0.29) is 16.8 Å². The van der Waals surface area contributed by atoms with Crippen LogP contribution in [0.25, 0.3) is 0 Å². The number of hydrogen-bond acceptors (Lipinski definition) is 3. The van der Waals surface area contributed by atoms with Crippen molar-refractivity contribution in [1.29, 1.82) is 0 Å². The minimum atomic E-state index is -0.381. The van der Waals surface area contributed by atoms with E-state index in [0.29, 0.717) is 19.6 Å². The molecule has 110 valence electrons. The molecule has 1 amide bonds. The van der Waals surface area contributed by atoms with Crippen molar-refractivity contribution in [3.8, 4) is 5.75 Å². The number of thiocarbonyl (C=S) groups is 1. The van der Waals surface area contributed by atoms with Crippen LogP contribution in [-0.4, -0.2) is 24.0 Å². The van der Waals surface area contributed by atoms with Crippen LogP contribution in [0.3, 0.4) is 0 Å². The average Bonchev–Trinajstić information content (AvgIpc) is 2.40. The third-order valence-electron chi connectivity index (χ3n) is 2.90. The number of hydrogen-bond donors (Lipinski definition) is 2. The summed E-state index contributed by atoms with van der Waals surface area (Å²) in [5.41, 5.74) is 6.72. The highest BCUT2D eigenvalue weighted by Crippen LogP contribution is 2.12. The van der Waals surface area contributed by atoms with E-state index in [0.717, 1.165) is 17.7 Å². The summed E-state index contributed by atoms with van der Waals surface area (Å²) in [5.74, 6) is 0.305. The molecule has 0 aliphatic rings. The first-order valence-electron chi connectivity index (χ1n) is 6.81. The highest BCUT2D eigenvalue weighted by Gasteiger charge is 2.19. The van der Waals surface area contributed by atoms with Crippen molar-refractivity contribution in [2.75, 3.05) is 13.2 Å². The summed E-state index contributed by atoms with van der Waals surface area (Å²) in [7, 11) is 0. The van der Waals surface area contributed by atoms with E-state index in [1.165, 1.54) is 0 Å². The monoisotopic (exact) mass is 294 g/mol. The second-order valence-electron chi connectivity index (χ2n) is 4.70. The number of carbonyl (C=O) groups is 1. The molecule has 1 rings (SSSR count). The number of carbonyl (C=O) groups excluding carboxylic acids is 1. The molecular weight excluding hydrogens is 272 g/mol. The van der Waals surface area contributed by atoms with Gasteiger partial charge in [-0.1, -0.05) is 37.7 Å². The molecule has 0 heterocycles. The van der Waals surface area contributed by atoms with Crippen molar-refractivity contribution in [3.63, 3.8) is 0 Å². The lowest BCUT2D eigenvalue weighted by atomic mass is 10.0. The second kappa shape index (κ2) is 8.53. The highest BCUT2D eigenvalue weighted by molar-refractivity contribution is 7.80. The van der Waals surface area contributed by atoms with E-state index in [9.17, 15) is 4.79 Å². The topological polar surface area (TPSA) is 64.3 Å². The van der Waals surface area contributed by atoms with Gasteiger partial charge in [0.1, 0.15) is 12.4 Å². The normalized spacial score (nSPS) is 11.7. The molecule has 0 spiro atoms. The van der Waals surface area contributed by atoms with Gasteiger partial charge in [-0.05, 0) is 31.0 Å². The van der Waals surface area contributed by atoms with Gasteiger partial charge in [-0.15, -0.1) is 0 Å². The van der Waals surface area contributed by atoms with Gasteiger partial charge in [0.15, 0.2) is 0 Å². The Bertz CT molecular complexity index is 463. The molecule has 3 N–H and O–H groups in total. The number of nitrogens with one attached hydrogen (secondary N) is 1. The van der Waals surface area contributed by atoms with Gasteiger partial charge in [0.05, 0.1) is 17.5 Å². The Morgan fingerprint density at radius 3 is 2.85 bits per heavy atom. The van der Waals surface area contributed by atoms with Crippen LogP contribution in [0.1, 0.15) is 25.3 Å². The number of nitrogens with two attached hydrogens (primary N) is 1. The van der Waals surface area contributed by atoms with Crippen LogP contribution in [0.4, 0.5) is 0 Å². The standard InChI is InChI=1S/C15H22N2O2S/c1-3-5-13(14(16)20)15(18)17-8-9-19-12-7-4-6-11(2)10-12/h4,6-7,10,13H,3,5,8-9H2,1-2H3,(H2,16,20)(H,17,18). The maximum atomic E-state index is 11.9. The van der Waals surface area contributed by atoms with Crippen LogP contribution < -0.4 is 15.8 Å². The Morgan fingerprint density at radius 1 is 1.50 bits per heavy atom. The van der Waals surface area contributed by atoms with Crippen molar-refractivity contribution < 1.29 is 9.53 Å². The Morgan fingerprint density at radius 2 is 2.25 bits per heavy atom. The third kappa shape index (κ3) is 5.57. The van der Waals surface area contributed by atoms with Crippen LogP contribution in [0.5, 0.6) is 5.75 Å². The van der Waals surface area contributed by atoms with Crippen LogP contribution in [-0.2, 0) is 4.79 Å². The van der Waals surface area contributed by atoms with E-state index in [4.69, 9.17) is 22.7 Å². The van der Waals surface area contributed by atoms with Crippen molar-refractivity contribution >= 4 is 23.1 Å². The van der Waals surface area contributed by atoms with Gasteiger partial charge in [-0.2, -0.15) is 0 Å². The zero-order valence-corrected chi connectivity index (χ0v) is 12.8. The van der Waals surface area contributed by atoms with Gasteiger partial charge in [-0.3, -0.25) is 4.79 Å². The molecule has 0 fully saturated rings. The SMILES string of the molecule is CCCC(C(=O)NCCOc1cccc(C)c1)C(N)=S. The molecule has 0 bridgehead atoms. The molecule has 5 heteroatoms. The van der Waals surface area contributed by atoms with Crippen molar-refractivity contribution in [3.05, 3.63) is 29.8 Å². The Hall–Kier alpha value is -1.62. The summed E-state index contributed by atoms with van der Waals surface area (Å²) in [6, 6.07) is 7.79. The maximum absolute atomic E-state index is 11.9. The van der Waals surface area contributed by atoms with Gasteiger partial charge < -0.3 is 15.8 Å². The van der Waals surface area contributed by atoms with Crippen molar-refractivity contribution in [1.82, 2.24) is 5.32 Å². The fourth-order valence-corrected chi connectivity index (χ4v) is 2.09. The predicted octanol–water partition coefficient (Wildman–Crippen LogP) is 2.19. The molecule has 4 nitrogen and oxygen atoms in total. The average molecular weight is 294 g/mol. The van der Waals surface area contributed by atoms with Gasteiger partial charge in [0.25, 0.3) is 0 Å². The summed E-state index contributed by atoms with van der Waals surface area (Å²) in [4.78, 5) is 12.2. The lowest BCUT2D eigenvalue weighted by Crippen LogP contribution is -2.39. The molecule has 0 aromatic heterocycles. The van der Waals surface area contributed by atoms with Crippen LogP contribution >= 0.6 is 12.2 Å². The molecule has 0 aliphatic heterocycles. The second-order valence-corrected chi connectivity index (χ2v) is 5.17. The van der Waals surface area contributed by atoms with Crippen LogP contribution in [0.15, 0.2) is 24.3 Å². The van der Waals surface area contributed by atoms with E-state index >= 15 is 0 Å². The summed E-state index contributed by atoms with van der Waals surface area (Å²) in [6.45, 7) is 4.87. The summed E-state index contributed by atoms with van der Waals surface area (Å²) >= 11 is 4.91.